The number of rotatable bonds is 7. The van der Waals surface area contributed by atoms with Gasteiger partial charge in [-0.1, -0.05) is 30.2 Å². The summed E-state index contributed by atoms with van der Waals surface area (Å²) < 4.78 is 13.3. The molecule has 1 N–H and O–H groups in total. The molecule has 1 fully saturated rings. The highest BCUT2D eigenvalue weighted by Crippen LogP contribution is 2.32. The Morgan fingerprint density at radius 1 is 1.32 bits per heavy atom. The maximum absolute atomic E-state index is 13.3. The van der Waals surface area contributed by atoms with Gasteiger partial charge in [-0.2, -0.15) is 0 Å². The number of unbranched alkanes of at least 4 members (excludes halogenated alkanes) is 2. The zero-order valence-corrected chi connectivity index (χ0v) is 14.4. The summed E-state index contributed by atoms with van der Waals surface area (Å²) in [7, 11) is 0. The van der Waals surface area contributed by atoms with Gasteiger partial charge in [-0.05, 0) is 37.0 Å². The van der Waals surface area contributed by atoms with E-state index < -0.39 is 0 Å². The molecule has 0 saturated carbocycles. The van der Waals surface area contributed by atoms with Crippen molar-refractivity contribution in [1.29, 1.82) is 0 Å². The van der Waals surface area contributed by atoms with Gasteiger partial charge in [-0.3, -0.25) is 4.90 Å². The summed E-state index contributed by atoms with van der Waals surface area (Å²) in [5.41, 5.74) is 1.05. The minimum absolute atomic E-state index is 0. The molecule has 1 aromatic rings. The second kappa shape index (κ2) is 10.2. The van der Waals surface area contributed by atoms with E-state index in [0.717, 1.165) is 57.4 Å². The topological polar surface area (TPSA) is 15.3 Å². The van der Waals surface area contributed by atoms with E-state index in [4.69, 9.17) is 11.6 Å². The summed E-state index contributed by atoms with van der Waals surface area (Å²) in [6.45, 7) is 7.80. The van der Waals surface area contributed by atoms with Gasteiger partial charge in [-0.15, -0.1) is 19.0 Å². The molecule has 0 radical (unpaired) electrons. The van der Waals surface area contributed by atoms with Crippen molar-refractivity contribution in [2.45, 2.75) is 31.7 Å². The van der Waals surface area contributed by atoms with E-state index in [1.54, 1.807) is 0 Å². The lowest BCUT2D eigenvalue weighted by molar-refractivity contribution is 0.163. The molecule has 1 atom stereocenters. The Hall–Kier alpha value is -0.610. The molecule has 0 spiro atoms. The molecule has 0 bridgehead atoms. The molecular weight excluding hydrogens is 322 g/mol. The number of piperazine rings is 1. The number of benzene rings is 1. The van der Waals surface area contributed by atoms with Crippen molar-refractivity contribution >= 4 is 24.0 Å². The Balaban J connectivity index is 0.00000242. The van der Waals surface area contributed by atoms with Crippen LogP contribution in [-0.2, 0) is 0 Å². The summed E-state index contributed by atoms with van der Waals surface area (Å²) >= 11 is 6.29. The van der Waals surface area contributed by atoms with Gasteiger partial charge in [0.2, 0.25) is 0 Å². The lowest BCUT2D eigenvalue weighted by Gasteiger charge is -2.35. The Kier molecular flexibility index (Phi) is 9.03. The average Bonchev–Trinajstić information content (AvgIpc) is 2.49. The monoisotopic (exact) mass is 346 g/mol. The Morgan fingerprint density at radius 3 is 2.68 bits per heavy atom. The highest BCUT2D eigenvalue weighted by atomic mass is 35.5. The van der Waals surface area contributed by atoms with Crippen LogP contribution in [0.15, 0.2) is 30.9 Å². The van der Waals surface area contributed by atoms with Crippen molar-refractivity contribution in [1.82, 2.24) is 10.2 Å². The van der Waals surface area contributed by atoms with E-state index in [1.165, 1.54) is 12.1 Å². The van der Waals surface area contributed by atoms with Crippen LogP contribution >= 0.6 is 24.0 Å². The zero-order chi connectivity index (χ0) is 15.1. The van der Waals surface area contributed by atoms with Gasteiger partial charge in [0, 0.05) is 37.2 Å². The van der Waals surface area contributed by atoms with E-state index in [0.29, 0.717) is 5.02 Å². The molecule has 124 valence electrons. The van der Waals surface area contributed by atoms with Crippen LogP contribution < -0.4 is 5.32 Å². The van der Waals surface area contributed by atoms with Gasteiger partial charge in [0.15, 0.2) is 0 Å². The SMILES string of the molecule is C=CCCCC[C@H](c1ccc(F)cc1Cl)N1CCNCC1.Cl. The van der Waals surface area contributed by atoms with E-state index in [1.807, 2.05) is 12.1 Å². The largest absolute Gasteiger partial charge is 0.314 e. The molecule has 1 heterocycles. The fourth-order valence-corrected chi connectivity index (χ4v) is 3.22. The van der Waals surface area contributed by atoms with E-state index in [-0.39, 0.29) is 24.3 Å². The van der Waals surface area contributed by atoms with Crippen molar-refractivity contribution in [3.05, 3.63) is 47.3 Å². The third-order valence-electron chi connectivity index (χ3n) is 4.05. The molecule has 1 aliphatic heterocycles. The second-order valence-electron chi connectivity index (χ2n) is 5.54. The molecule has 0 aliphatic carbocycles. The average molecular weight is 347 g/mol. The number of hydrogen-bond donors (Lipinski definition) is 1. The van der Waals surface area contributed by atoms with Crippen LogP contribution in [0.25, 0.3) is 0 Å². The summed E-state index contributed by atoms with van der Waals surface area (Å²) in [6, 6.07) is 5.07. The van der Waals surface area contributed by atoms with E-state index in [9.17, 15) is 4.39 Å². The summed E-state index contributed by atoms with van der Waals surface area (Å²) in [5.74, 6) is -0.269. The second-order valence-corrected chi connectivity index (χ2v) is 5.95. The fraction of sp³-hybridized carbons (Fsp3) is 0.529. The lowest BCUT2D eigenvalue weighted by atomic mass is 9.98. The van der Waals surface area contributed by atoms with Crippen LogP contribution in [-0.4, -0.2) is 31.1 Å². The summed E-state index contributed by atoms with van der Waals surface area (Å²) in [4.78, 5) is 2.46. The fourth-order valence-electron chi connectivity index (χ4n) is 2.93. The third-order valence-corrected chi connectivity index (χ3v) is 4.38. The standard InChI is InChI=1S/C17H24ClFN2.ClH/c1-2-3-4-5-6-17(21-11-9-20-10-12-21)15-8-7-14(19)13-16(15)18;/h2,7-8,13,17,20H,1,3-6,9-12H2;1H/t17-;/m1./s1. The van der Waals surface area contributed by atoms with Crippen molar-refractivity contribution in [3.8, 4) is 0 Å². The predicted molar refractivity (Wildman–Crippen MR) is 94.5 cm³/mol. The zero-order valence-electron chi connectivity index (χ0n) is 12.9. The Labute approximate surface area is 144 Å². The van der Waals surface area contributed by atoms with Crippen LogP contribution in [0.5, 0.6) is 0 Å². The van der Waals surface area contributed by atoms with Crippen molar-refractivity contribution in [3.63, 3.8) is 0 Å². The molecule has 22 heavy (non-hydrogen) atoms. The highest BCUT2D eigenvalue weighted by Gasteiger charge is 2.23. The Morgan fingerprint density at radius 2 is 2.05 bits per heavy atom. The van der Waals surface area contributed by atoms with Gasteiger partial charge >= 0.3 is 0 Å². The molecule has 0 unspecified atom stereocenters. The third kappa shape index (κ3) is 5.54. The molecule has 2 nitrogen and oxygen atoms in total. The van der Waals surface area contributed by atoms with Crippen LogP contribution in [0.3, 0.4) is 0 Å². The summed E-state index contributed by atoms with van der Waals surface area (Å²) in [6.07, 6.45) is 6.34. The van der Waals surface area contributed by atoms with Crippen molar-refractivity contribution < 1.29 is 4.39 Å². The van der Waals surface area contributed by atoms with Crippen LogP contribution in [0.1, 0.15) is 37.3 Å². The molecule has 2 rings (SSSR count). The quantitative estimate of drug-likeness (QED) is 0.573. The smallest absolute Gasteiger partial charge is 0.124 e. The number of nitrogens with one attached hydrogen (secondary N) is 1. The van der Waals surface area contributed by atoms with Crippen molar-refractivity contribution in [2.75, 3.05) is 26.2 Å². The maximum Gasteiger partial charge on any atom is 0.124 e. The first-order chi connectivity index (χ1) is 10.2. The van der Waals surface area contributed by atoms with Gasteiger partial charge in [0.05, 0.1) is 0 Å². The normalized spacial score (nSPS) is 16.8. The first-order valence-corrected chi connectivity index (χ1v) is 8.11. The van der Waals surface area contributed by atoms with Gasteiger partial charge < -0.3 is 5.32 Å². The molecule has 1 aromatic carbocycles. The number of hydrogen-bond acceptors (Lipinski definition) is 2. The predicted octanol–water partition coefficient (Wildman–Crippen LogP) is 4.59. The highest BCUT2D eigenvalue weighted by molar-refractivity contribution is 6.31. The Bertz CT molecular complexity index is 462. The summed E-state index contributed by atoms with van der Waals surface area (Å²) in [5, 5.41) is 3.92. The number of halogens is 3. The maximum atomic E-state index is 13.3. The van der Waals surface area contributed by atoms with E-state index in [2.05, 4.69) is 16.8 Å². The number of nitrogens with zero attached hydrogens (tertiary/aromatic N) is 1. The van der Waals surface area contributed by atoms with Crippen LogP contribution in [0, 0.1) is 5.82 Å². The lowest BCUT2D eigenvalue weighted by Crippen LogP contribution is -2.45. The van der Waals surface area contributed by atoms with Crippen LogP contribution in [0.2, 0.25) is 5.02 Å². The molecule has 0 amide bonds. The minimum atomic E-state index is -0.269. The van der Waals surface area contributed by atoms with Crippen LogP contribution in [0.4, 0.5) is 4.39 Å². The molecule has 1 aliphatic rings. The number of allylic oxidation sites excluding steroid dienone is 1. The van der Waals surface area contributed by atoms with Gasteiger partial charge in [-0.25, -0.2) is 4.39 Å². The first kappa shape index (κ1) is 19.4. The minimum Gasteiger partial charge on any atom is -0.314 e. The first-order valence-electron chi connectivity index (χ1n) is 7.73. The molecule has 1 saturated heterocycles. The molecule has 5 heteroatoms. The van der Waals surface area contributed by atoms with Crippen molar-refractivity contribution in [2.24, 2.45) is 0 Å². The van der Waals surface area contributed by atoms with Gasteiger partial charge in [0.25, 0.3) is 0 Å². The molecule has 0 aromatic heterocycles. The molecular formula is C17H25Cl2FN2. The van der Waals surface area contributed by atoms with Gasteiger partial charge in [0.1, 0.15) is 5.82 Å². The van der Waals surface area contributed by atoms with E-state index >= 15 is 0 Å².